The van der Waals surface area contributed by atoms with Gasteiger partial charge in [0.15, 0.2) is 0 Å². The number of rotatable bonds is 5. The number of anilines is 1. The Labute approximate surface area is 139 Å². The van der Waals surface area contributed by atoms with E-state index in [1.165, 1.54) is 10.7 Å². The Balaban J connectivity index is 1.60. The molecule has 2 atom stereocenters. The fourth-order valence-electron chi connectivity index (χ4n) is 2.69. The van der Waals surface area contributed by atoms with Gasteiger partial charge in [-0.05, 0) is 12.5 Å². The summed E-state index contributed by atoms with van der Waals surface area (Å²) in [5, 5.41) is 18.8. The SMILES string of the molecule is O=C(Nc1ccnn1Cc1ccccc1F)N[C@@H]1C=C[C@H](CO)C1. The molecule has 24 heavy (non-hydrogen) atoms. The quantitative estimate of drug-likeness (QED) is 0.735. The van der Waals surface area contributed by atoms with E-state index in [2.05, 4.69) is 15.7 Å². The Morgan fingerprint density at radius 3 is 2.92 bits per heavy atom. The van der Waals surface area contributed by atoms with Crippen LogP contribution in [-0.4, -0.2) is 33.6 Å². The Kier molecular flexibility index (Phi) is 4.90. The van der Waals surface area contributed by atoms with Crippen LogP contribution >= 0.6 is 0 Å². The van der Waals surface area contributed by atoms with Crippen LogP contribution in [-0.2, 0) is 6.54 Å². The summed E-state index contributed by atoms with van der Waals surface area (Å²) in [4.78, 5) is 12.1. The number of nitrogens with zero attached hydrogens (tertiary/aromatic N) is 2. The van der Waals surface area contributed by atoms with Crippen molar-refractivity contribution < 1.29 is 14.3 Å². The molecule has 7 heteroatoms. The standard InChI is InChI=1S/C17H19FN4O2/c18-15-4-2-1-3-13(15)10-22-16(7-8-19-22)21-17(24)20-14-6-5-12(9-14)11-23/h1-8,12,14,23H,9-11H2,(H2,20,21,24)/t12-,14+/m0/s1. The molecule has 0 fully saturated rings. The summed E-state index contributed by atoms with van der Waals surface area (Å²) >= 11 is 0. The summed E-state index contributed by atoms with van der Waals surface area (Å²) in [6.07, 6.45) is 6.00. The largest absolute Gasteiger partial charge is 0.396 e. The molecule has 1 heterocycles. The van der Waals surface area contributed by atoms with Gasteiger partial charge in [0, 0.05) is 30.2 Å². The number of halogens is 1. The average molecular weight is 330 g/mol. The zero-order chi connectivity index (χ0) is 16.9. The molecule has 0 radical (unpaired) electrons. The zero-order valence-electron chi connectivity index (χ0n) is 13.0. The minimum absolute atomic E-state index is 0.0751. The summed E-state index contributed by atoms with van der Waals surface area (Å²) in [6, 6.07) is 7.64. The molecule has 0 bridgehead atoms. The van der Waals surface area contributed by atoms with Crippen molar-refractivity contribution in [3.05, 3.63) is 60.1 Å². The van der Waals surface area contributed by atoms with Gasteiger partial charge in [-0.15, -0.1) is 0 Å². The molecule has 1 aliphatic rings. The van der Waals surface area contributed by atoms with Gasteiger partial charge in [-0.1, -0.05) is 30.4 Å². The number of benzene rings is 1. The molecule has 3 rings (SSSR count). The second-order valence-electron chi connectivity index (χ2n) is 5.73. The van der Waals surface area contributed by atoms with Crippen molar-refractivity contribution in [2.45, 2.75) is 19.0 Å². The number of aliphatic hydroxyl groups excluding tert-OH is 1. The maximum absolute atomic E-state index is 13.7. The first-order chi connectivity index (χ1) is 11.7. The van der Waals surface area contributed by atoms with Crippen LogP contribution in [0.15, 0.2) is 48.7 Å². The topological polar surface area (TPSA) is 79.2 Å². The van der Waals surface area contributed by atoms with Gasteiger partial charge in [0.1, 0.15) is 11.6 Å². The van der Waals surface area contributed by atoms with E-state index in [1.54, 1.807) is 30.5 Å². The molecule has 0 saturated heterocycles. The second-order valence-corrected chi connectivity index (χ2v) is 5.73. The number of hydrogen-bond acceptors (Lipinski definition) is 3. The zero-order valence-corrected chi connectivity index (χ0v) is 13.0. The van der Waals surface area contributed by atoms with Gasteiger partial charge in [-0.3, -0.25) is 5.32 Å². The molecule has 1 aliphatic carbocycles. The number of carbonyl (C=O) groups excluding carboxylic acids is 1. The van der Waals surface area contributed by atoms with Crippen LogP contribution < -0.4 is 10.6 Å². The van der Waals surface area contributed by atoms with E-state index in [-0.39, 0.29) is 37.0 Å². The molecule has 0 saturated carbocycles. The highest BCUT2D eigenvalue weighted by Crippen LogP contribution is 2.17. The fourth-order valence-corrected chi connectivity index (χ4v) is 2.69. The number of carbonyl (C=O) groups is 1. The predicted molar refractivity (Wildman–Crippen MR) is 88.0 cm³/mol. The molecule has 2 amide bonds. The lowest BCUT2D eigenvalue weighted by molar-refractivity contribution is 0.238. The van der Waals surface area contributed by atoms with Crippen LogP contribution in [0, 0.1) is 11.7 Å². The molecule has 2 aromatic rings. The van der Waals surface area contributed by atoms with Gasteiger partial charge in [-0.2, -0.15) is 5.10 Å². The maximum Gasteiger partial charge on any atom is 0.320 e. The van der Waals surface area contributed by atoms with Crippen LogP contribution in [0.2, 0.25) is 0 Å². The van der Waals surface area contributed by atoms with Crippen molar-refractivity contribution >= 4 is 11.8 Å². The molecule has 1 aromatic heterocycles. The van der Waals surface area contributed by atoms with Crippen molar-refractivity contribution in [1.82, 2.24) is 15.1 Å². The van der Waals surface area contributed by atoms with Crippen molar-refractivity contribution in [3.8, 4) is 0 Å². The van der Waals surface area contributed by atoms with Gasteiger partial charge in [-0.25, -0.2) is 13.9 Å². The predicted octanol–water partition coefficient (Wildman–Crippen LogP) is 2.13. The number of aliphatic hydroxyl groups is 1. The molecule has 1 aromatic carbocycles. The molecular formula is C17H19FN4O2. The lowest BCUT2D eigenvalue weighted by Gasteiger charge is -2.14. The van der Waals surface area contributed by atoms with Crippen molar-refractivity contribution in [2.75, 3.05) is 11.9 Å². The Hall–Kier alpha value is -2.67. The molecule has 0 unspecified atom stereocenters. The fraction of sp³-hybridized carbons (Fsp3) is 0.294. The Bertz CT molecular complexity index is 744. The van der Waals surface area contributed by atoms with Crippen molar-refractivity contribution in [2.24, 2.45) is 5.92 Å². The van der Waals surface area contributed by atoms with Crippen molar-refractivity contribution in [1.29, 1.82) is 0 Å². The van der Waals surface area contributed by atoms with E-state index in [0.29, 0.717) is 17.8 Å². The third-order valence-electron chi connectivity index (χ3n) is 3.96. The van der Waals surface area contributed by atoms with E-state index in [0.717, 1.165) is 0 Å². The third-order valence-corrected chi connectivity index (χ3v) is 3.96. The van der Waals surface area contributed by atoms with Gasteiger partial charge in [0.05, 0.1) is 12.7 Å². The van der Waals surface area contributed by atoms with Gasteiger partial charge < -0.3 is 10.4 Å². The van der Waals surface area contributed by atoms with E-state index in [9.17, 15) is 9.18 Å². The van der Waals surface area contributed by atoms with E-state index < -0.39 is 0 Å². The highest BCUT2D eigenvalue weighted by molar-refractivity contribution is 5.88. The highest BCUT2D eigenvalue weighted by atomic mass is 19.1. The summed E-state index contributed by atoms with van der Waals surface area (Å²) in [5.41, 5.74) is 0.495. The molecule has 0 spiro atoms. The Morgan fingerprint density at radius 2 is 2.17 bits per heavy atom. The molecular weight excluding hydrogens is 311 g/mol. The first kappa shape index (κ1) is 16.2. The minimum Gasteiger partial charge on any atom is -0.396 e. The van der Waals surface area contributed by atoms with Gasteiger partial charge >= 0.3 is 6.03 Å². The van der Waals surface area contributed by atoms with Crippen LogP contribution in [0.4, 0.5) is 15.0 Å². The van der Waals surface area contributed by atoms with Crippen LogP contribution in [0.3, 0.4) is 0 Å². The van der Waals surface area contributed by atoms with E-state index in [1.807, 2.05) is 12.2 Å². The number of urea groups is 1. The summed E-state index contributed by atoms with van der Waals surface area (Å²) in [6.45, 7) is 0.302. The molecule has 126 valence electrons. The average Bonchev–Trinajstić information content (AvgIpc) is 3.19. The minimum atomic E-state index is -0.362. The Morgan fingerprint density at radius 1 is 1.33 bits per heavy atom. The van der Waals surface area contributed by atoms with Crippen LogP contribution in [0.25, 0.3) is 0 Å². The number of nitrogens with one attached hydrogen (secondary N) is 2. The number of hydrogen-bond donors (Lipinski definition) is 3. The van der Waals surface area contributed by atoms with Crippen LogP contribution in [0.1, 0.15) is 12.0 Å². The van der Waals surface area contributed by atoms with Gasteiger partial charge in [0.2, 0.25) is 0 Å². The normalized spacial score (nSPS) is 19.4. The first-order valence-corrected chi connectivity index (χ1v) is 7.77. The van der Waals surface area contributed by atoms with Crippen LogP contribution in [0.5, 0.6) is 0 Å². The smallest absolute Gasteiger partial charge is 0.320 e. The number of aromatic nitrogens is 2. The lowest BCUT2D eigenvalue weighted by atomic mass is 10.1. The summed E-state index contributed by atoms with van der Waals surface area (Å²) in [7, 11) is 0. The summed E-state index contributed by atoms with van der Waals surface area (Å²) in [5.74, 6) is 0.257. The molecule has 0 aliphatic heterocycles. The second kappa shape index (κ2) is 7.27. The van der Waals surface area contributed by atoms with Gasteiger partial charge in [0.25, 0.3) is 0 Å². The van der Waals surface area contributed by atoms with E-state index >= 15 is 0 Å². The third kappa shape index (κ3) is 3.80. The molecule has 6 nitrogen and oxygen atoms in total. The van der Waals surface area contributed by atoms with Crippen molar-refractivity contribution in [3.63, 3.8) is 0 Å². The number of amides is 2. The van der Waals surface area contributed by atoms with E-state index in [4.69, 9.17) is 5.11 Å². The monoisotopic (exact) mass is 330 g/mol. The first-order valence-electron chi connectivity index (χ1n) is 7.77. The maximum atomic E-state index is 13.7. The summed E-state index contributed by atoms with van der Waals surface area (Å²) < 4.78 is 15.3. The lowest BCUT2D eigenvalue weighted by Crippen LogP contribution is -2.36. The highest BCUT2D eigenvalue weighted by Gasteiger charge is 2.20. The molecule has 3 N–H and O–H groups in total.